The molecule has 0 amide bonds. The molecule has 0 bridgehead atoms. The maximum atomic E-state index is 13.2. The molecule has 2 aromatic rings. The lowest BCUT2D eigenvalue weighted by Gasteiger charge is -1.93. The minimum absolute atomic E-state index is 0.0549. The molecule has 0 spiro atoms. The Kier molecular flexibility index (Phi) is 3.06. The van der Waals surface area contributed by atoms with Crippen LogP contribution in [-0.2, 0) is 10.8 Å². The summed E-state index contributed by atoms with van der Waals surface area (Å²) in [4.78, 5) is 7.23. The molecule has 0 saturated heterocycles. The topological polar surface area (TPSA) is 42.9 Å². The lowest BCUT2D eigenvalue weighted by molar-refractivity contribution is 0.568. The molecule has 7 heteroatoms. The van der Waals surface area contributed by atoms with E-state index in [4.69, 9.17) is 0 Å². The van der Waals surface area contributed by atoms with Gasteiger partial charge in [-0.2, -0.15) is 4.39 Å². The molecule has 2 heterocycles. The fourth-order valence-electron chi connectivity index (χ4n) is 1.12. The number of thiazole rings is 1. The molecule has 0 radical (unpaired) electrons. The zero-order chi connectivity index (χ0) is 11.7. The minimum Gasteiger partial charge on any atom is -0.261 e. The summed E-state index contributed by atoms with van der Waals surface area (Å²) < 4.78 is 37.3. The molecule has 16 heavy (non-hydrogen) atoms. The van der Waals surface area contributed by atoms with Crippen LogP contribution in [0.4, 0.5) is 8.78 Å². The Morgan fingerprint density at radius 2 is 2.12 bits per heavy atom. The molecule has 0 aromatic carbocycles. The van der Waals surface area contributed by atoms with Gasteiger partial charge in [0.2, 0.25) is 5.95 Å². The average Bonchev–Trinajstić information content (AvgIpc) is 2.60. The van der Waals surface area contributed by atoms with Crippen LogP contribution >= 0.6 is 11.3 Å². The molecular weight excluding hydrogens is 254 g/mol. The molecule has 1 unspecified atom stereocenters. The highest BCUT2D eigenvalue weighted by atomic mass is 32.2. The number of rotatable bonds is 2. The predicted octanol–water partition coefficient (Wildman–Crippen LogP) is 2.22. The van der Waals surface area contributed by atoms with Crippen LogP contribution in [0.1, 0.15) is 0 Å². The Hall–Kier alpha value is -1.21. The largest absolute Gasteiger partial charge is 0.261 e. The Morgan fingerprint density at radius 1 is 1.38 bits per heavy atom. The van der Waals surface area contributed by atoms with Crippen LogP contribution in [0, 0.1) is 11.8 Å². The summed E-state index contributed by atoms with van der Waals surface area (Å²) in [6, 6.07) is 1.20. The SMILES string of the molecule is CS(=O)c1sc(-c2cncc(F)c2)nc1F. The van der Waals surface area contributed by atoms with E-state index in [1.54, 1.807) is 0 Å². The molecule has 1 atom stereocenters. The Bertz CT molecular complexity index is 556. The third-order valence-corrected chi connectivity index (χ3v) is 4.29. The van der Waals surface area contributed by atoms with Gasteiger partial charge in [0.05, 0.1) is 17.0 Å². The maximum Gasteiger partial charge on any atom is 0.240 e. The van der Waals surface area contributed by atoms with Crippen molar-refractivity contribution in [2.24, 2.45) is 0 Å². The number of aromatic nitrogens is 2. The van der Waals surface area contributed by atoms with Crippen LogP contribution in [0.3, 0.4) is 0 Å². The van der Waals surface area contributed by atoms with Crippen molar-refractivity contribution >= 4 is 22.1 Å². The molecule has 2 aromatic heterocycles. The fraction of sp³-hybridized carbons (Fsp3) is 0.111. The van der Waals surface area contributed by atoms with Crippen molar-refractivity contribution in [2.75, 3.05) is 6.26 Å². The molecule has 84 valence electrons. The number of nitrogens with zero attached hydrogens (tertiary/aromatic N) is 2. The van der Waals surface area contributed by atoms with Gasteiger partial charge >= 0.3 is 0 Å². The molecular formula is C9H6F2N2OS2. The van der Waals surface area contributed by atoms with Gasteiger partial charge in [-0.15, -0.1) is 11.3 Å². The molecule has 2 rings (SSSR count). The molecule has 0 aliphatic rings. The summed E-state index contributed by atoms with van der Waals surface area (Å²) in [7, 11) is -1.43. The van der Waals surface area contributed by atoms with Crippen LogP contribution in [0.5, 0.6) is 0 Å². The lowest BCUT2D eigenvalue weighted by atomic mass is 10.3. The Balaban J connectivity index is 2.49. The van der Waals surface area contributed by atoms with Gasteiger partial charge in [-0.3, -0.25) is 9.19 Å². The molecule has 0 N–H and O–H groups in total. The van der Waals surface area contributed by atoms with E-state index < -0.39 is 22.6 Å². The molecule has 0 aliphatic heterocycles. The standard InChI is InChI=1S/C9H6F2N2OS2/c1-16(14)9-7(11)13-8(15-9)5-2-6(10)4-12-3-5/h2-4H,1H3. The summed E-state index contributed by atoms with van der Waals surface area (Å²) in [5.41, 5.74) is 0.376. The zero-order valence-electron chi connectivity index (χ0n) is 8.11. The van der Waals surface area contributed by atoms with Crippen molar-refractivity contribution in [3.8, 4) is 10.6 Å². The smallest absolute Gasteiger partial charge is 0.240 e. The average molecular weight is 260 g/mol. The summed E-state index contributed by atoms with van der Waals surface area (Å²) in [6.07, 6.45) is 3.79. The third kappa shape index (κ3) is 2.14. The number of hydrogen-bond donors (Lipinski definition) is 0. The fourth-order valence-corrected chi connectivity index (χ4v) is 2.77. The summed E-state index contributed by atoms with van der Waals surface area (Å²) in [6.45, 7) is 0. The van der Waals surface area contributed by atoms with Crippen molar-refractivity contribution < 1.29 is 13.0 Å². The van der Waals surface area contributed by atoms with E-state index in [1.807, 2.05) is 0 Å². The summed E-state index contributed by atoms with van der Waals surface area (Å²) in [5, 5.41) is 0.273. The minimum atomic E-state index is -1.43. The number of pyridine rings is 1. The van der Waals surface area contributed by atoms with Crippen LogP contribution < -0.4 is 0 Å². The first-order valence-electron chi connectivity index (χ1n) is 4.18. The molecule has 0 fully saturated rings. The van der Waals surface area contributed by atoms with E-state index >= 15 is 0 Å². The quantitative estimate of drug-likeness (QED) is 0.831. The van der Waals surface area contributed by atoms with Gasteiger partial charge in [0.1, 0.15) is 15.0 Å². The second kappa shape index (κ2) is 4.34. The first-order chi connectivity index (χ1) is 7.58. The van der Waals surface area contributed by atoms with E-state index in [1.165, 1.54) is 18.5 Å². The van der Waals surface area contributed by atoms with Crippen molar-refractivity contribution in [3.05, 3.63) is 30.2 Å². The first kappa shape index (κ1) is 11.3. The number of hydrogen-bond acceptors (Lipinski definition) is 4. The second-order valence-corrected chi connectivity index (χ2v) is 5.52. The highest BCUT2D eigenvalue weighted by molar-refractivity contribution is 7.86. The highest BCUT2D eigenvalue weighted by Gasteiger charge is 2.15. The molecule has 0 aliphatic carbocycles. The van der Waals surface area contributed by atoms with Gasteiger partial charge in [0.15, 0.2) is 0 Å². The van der Waals surface area contributed by atoms with E-state index in [9.17, 15) is 13.0 Å². The predicted molar refractivity (Wildman–Crippen MR) is 57.6 cm³/mol. The van der Waals surface area contributed by atoms with Crippen LogP contribution in [0.2, 0.25) is 0 Å². The Morgan fingerprint density at radius 3 is 2.69 bits per heavy atom. The van der Waals surface area contributed by atoms with E-state index in [-0.39, 0.29) is 9.22 Å². The van der Waals surface area contributed by atoms with Crippen LogP contribution in [0.15, 0.2) is 22.7 Å². The van der Waals surface area contributed by atoms with Gasteiger partial charge in [-0.05, 0) is 6.07 Å². The van der Waals surface area contributed by atoms with E-state index in [0.29, 0.717) is 5.56 Å². The van der Waals surface area contributed by atoms with Crippen molar-refractivity contribution in [1.29, 1.82) is 0 Å². The Labute approximate surface area is 96.6 Å². The van der Waals surface area contributed by atoms with Gasteiger partial charge < -0.3 is 0 Å². The van der Waals surface area contributed by atoms with Gasteiger partial charge in [0.25, 0.3) is 0 Å². The molecule has 3 nitrogen and oxygen atoms in total. The highest BCUT2D eigenvalue weighted by Crippen LogP contribution is 2.28. The monoisotopic (exact) mass is 260 g/mol. The van der Waals surface area contributed by atoms with Crippen LogP contribution in [0.25, 0.3) is 10.6 Å². The molecule has 0 saturated carbocycles. The van der Waals surface area contributed by atoms with Crippen molar-refractivity contribution in [3.63, 3.8) is 0 Å². The van der Waals surface area contributed by atoms with Crippen molar-refractivity contribution in [2.45, 2.75) is 4.21 Å². The maximum absolute atomic E-state index is 13.2. The summed E-state index contributed by atoms with van der Waals surface area (Å²) in [5.74, 6) is -1.29. The van der Waals surface area contributed by atoms with Crippen LogP contribution in [-0.4, -0.2) is 20.4 Å². The summed E-state index contributed by atoms with van der Waals surface area (Å²) >= 11 is 0.936. The van der Waals surface area contributed by atoms with E-state index in [2.05, 4.69) is 9.97 Å². The second-order valence-electron chi connectivity index (χ2n) is 2.94. The zero-order valence-corrected chi connectivity index (χ0v) is 9.74. The number of halogens is 2. The lowest BCUT2D eigenvalue weighted by Crippen LogP contribution is -1.86. The van der Waals surface area contributed by atoms with Crippen molar-refractivity contribution in [1.82, 2.24) is 9.97 Å². The van der Waals surface area contributed by atoms with Gasteiger partial charge in [-0.1, -0.05) is 0 Å². The van der Waals surface area contributed by atoms with Gasteiger partial charge in [0, 0.05) is 18.0 Å². The first-order valence-corrected chi connectivity index (χ1v) is 6.56. The van der Waals surface area contributed by atoms with Gasteiger partial charge in [-0.25, -0.2) is 9.37 Å². The third-order valence-electron chi connectivity index (χ3n) is 1.77. The normalized spacial score (nSPS) is 12.7. The van der Waals surface area contributed by atoms with E-state index in [0.717, 1.165) is 17.5 Å².